The van der Waals surface area contributed by atoms with E-state index in [2.05, 4.69) is 9.97 Å². The minimum atomic E-state index is -0.190. The first-order valence-corrected chi connectivity index (χ1v) is 11.8. The van der Waals surface area contributed by atoms with Crippen LogP contribution in [0.15, 0.2) is 66.7 Å². The molecule has 0 fully saturated rings. The maximum Gasteiger partial charge on any atom is 0.273 e. The van der Waals surface area contributed by atoms with E-state index >= 15 is 0 Å². The maximum atomic E-state index is 13.6. The smallest absolute Gasteiger partial charge is 0.273 e. The van der Waals surface area contributed by atoms with E-state index < -0.39 is 0 Å². The molecule has 3 aromatic carbocycles. The van der Waals surface area contributed by atoms with Crippen molar-refractivity contribution in [2.75, 3.05) is 18.8 Å². The fourth-order valence-corrected chi connectivity index (χ4v) is 4.71. The van der Waals surface area contributed by atoms with Crippen molar-refractivity contribution >= 4 is 28.7 Å². The third kappa shape index (κ3) is 4.10. The zero-order chi connectivity index (χ0) is 24.5. The van der Waals surface area contributed by atoms with Gasteiger partial charge in [-0.2, -0.15) is 0 Å². The molecular formula is C28H27N5O2. The van der Waals surface area contributed by atoms with Crippen LogP contribution in [0.2, 0.25) is 0 Å². The number of nitrogens with two attached hydrogens (primary N) is 1. The topological polar surface area (TPSA) is 92.4 Å². The summed E-state index contributed by atoms with van der Waals surface area (Å²) in [6, 6.07) is 21.2. The molecule has 176 valence electrons. The fraction of sp³-hybridized carbons (Fsp3) is 0.214. The van der Waals surface area contributed by atoms with Gasteiger partial charge in [0.25, 0.3) is 11.8 Å². The molecule has 1 aliphatic heterocycles. The highest BCUT2D eigenvalue weighted by atomic mass is 16.2. The summed E-state index contributed by atoms with van der Waals surface area (Å²) in [6.07, 6.45) is 0. The summed E-state index contributed by atoms with van der Waals surface area (Å²) >= 11 is 0. The van der Waals surface area contributed by atoms with Gasteiger partial charge in [-0.15, -0.1) is 0 Å². The largest absolute Gasteiger partial charge is 0.368 e. The molecule has 1 aliphatic rings. The molecule has 5 rings (SSSR count). The summed E-state index contributed by atoms with van der Waals surface area (Å²) in [6.45, 7) is 6.26. The molecule has 2 amide bonds. The second-order valence-corrected chi connectivity index (χ2v) is 8.62. The van der Waals surface area contributed by atoms with Crippen LogP contribution in [-0.2, 0) is 13.1 Å². The predicted molar refractivity (Wildman–Crippen MR) is 137 cm³/mol. The Balaban J connectivity index is 1.58. The molecule has 35 heavy (non-hydrogen) atoms. The van der Waals surface area contributed by atoms with Crippen molar-refractivity contribution in [1.29, 1.82) is 0 Å². The normalized spacial score (nSPS) is 12.6. The Kier molecular flexibility index (Phi) is 5.91. The lowest BCUT2D eigenvalue weighted by atomic mass is 9.97. The van der Waals surface area contributed by atoms with E-state index in [0.29, 0.717) is 42.6 Å². The van der Waals surface area contributed by atoms with Gasteiger partial charge in [-0.3, -0.25) is 9.59 Å². The SMILES string of the molecule is CCN(CC)C(=O)c1ccccc1-c1ccc2nc(N)nc(C(=O)N3Cc4ccccc4C3)c2c1. The number of hydrogen-bond acceptors (Lipinski definition) is 5. The van der Waals surface area contributed by atoms with E-state index in [4.69, 9.17) is 5.73 Å². The number of rotatable bonds is 5. The van der Waals surface area contributed by atoms with Gasteiger partial charge in [-0.05, 0) is 54.3 Å². The number of hydrogen-bond donors (Lipinski definition) is 1. The van der Waals surface area contributed by atoms with Gasteiger partial charge in [0, 0.05) is 37.1 Å². The zero-order valence-electron chi connectivity index (χ0n) is 19.9. The summed E-state index contributed by atoms with van der Waals surface area (Å²) in [4.78, 5) is 39.1. The lowest BCUT2D eigenvalue weighted by molar-refractivity contribution is 0.0745. The Hall–Kier alpha value is -4.26. The minimum absolute atomic E-state index is 0.0228. The third-order valence-electron chi connectivity index (χ3n) is 6.56. The molecule has 0 atom stereocenters. The predicted octanol–water partition coefficient (Wildman–Crippen LogP) is 4.52. The van der Waals surface area contributed by atoms with Crippen LogP contribution in [0.25, 0.3) is 22.0 Å². The Morgan fingerprint density at radius 3 is 2.26 bits per heavy atom. The molecule has 0 saturated carbocycles. The van der Waals surface area contributed by atoms with Crippen LogP contribution < -0.4 is 5.73 Å². The summed E-state index contributed by atoms with van der Waals surface area (Å²) < 4.78 is 0. The molecule has 7 heteroatoms. The minimum Gasteiger partial charge on any atom is -0.368 e. The molecule has 0 unspecified atom stereocenters. The van der Waals surface area contributed by atoms with Crippen molar-refractivity contribution in [3.63, 3.8) is 0 Å². The first-order chi connectivity index (χ1) is 17.0. The molecule has 0 spiro atoms. The Morgan fingerprint density at radius 1 is 0.914 bits per heavy atom. The molecule has 0 bridgehead atoms. The number of benzene rings is 3. The number of carbonyl (C=O) groups is 2. The van der Waals surface area contributed by atoms with Crippen LogP contribution in [0.4, 0.5) is 5.95 Å². The highest BCUT2D eigenvalue weighted by molar-refractivity contribution is 6.07. The van der Waals surface area contributed by atoms with E-state index in [1.165, 1.54) is 0 Å². The Morgan fingerprint density at radius 2 is 1.57 bits per heavy atom. The standard InChI is InChI=1S/C28H27N5O2/c1-3-32(4-2)26(34)22-12-8-7-11-21(22)18-13-14-24-23(15-18)25(31-28(29)30-24)27(35)33-16-19-9-5-6-10-20(19)17-33/h5-15H,3-4,16-17H2,1-2H3,(H2,29,30,31). The Bertz CT molecular complexity index is 1420. The molecule has 0 aliphatic carbocycles. The number of carbonyl (C=O) groups excluding carboxylic acids is 2. The fourth-order valence-electron chi connectivity index (χ4n) is 4.71. The second kappa shape index (κ2) is 9.18. The average Bonchev–Trinajstić information content (AvgIpc) is 3.32. The molecule has 2 N–H and O–H groups in total. The molecular weight excluding hydrogens is 438 g/mol. The number of anilines is 1. The van der Waals surface area contributed by atoms with E-state index in [-0.39, 0.29) is 23.5 Å². The molecule has 0 radical (unpaired) electrons. The second-order valence-electron chi connectivity index (χ2n) is 8.62. The quantitative estimate of drug-likeness (QED) is 0.468. The van der Waals surface area contributed by atoms with Gasteiger partial charge in [0.05, 0.1) is 5.52 Å². The summed E-state index contributed by atoms with van der Waals surface area (Å²) in [7, 11) is 0. The van der Waals surface area contributed by atoms with Gasteiger partial charge in [-0.1, -0.05) is 48.5 Å². The van der Waals surface area contributed by atoms with Gasteiger partial charge in [0.1, 0.15) is 5.69 Å². The van der Waals surface area contributed by atoms with Gasteiger partial charge in [0.2, 0.25) is 5.95 Å². The molecule has 1 aromatic heterocycles. The lowest BCUT2D eigenvalue weighted by Crippen LogP contribution is -2.30. The van der Waals surface area contributed by atoms with Crippen LogP contribution in [0.3, 0.4) is 0 Å². The van der Waals surface area contributed by atoms with Crippen molar-refractivity contribution in [2.45, 2.75) is 26.9 Å². The van der Waals surface area contributed by atoms with E-state index in [0.717, 1.165) is 22.3 Å². The number of nitrogens with zero attached hydrogens (tertiary/aromatic N) is 4. The molecule has 0 saturated heterocycles. The van der Waals surface area contributed by atoms with E-state index in [1.807, 2.05) is 80.6 Å². The average molecular weight is 466 g/mol. The van der Waals surface area contributed by atoms with Crippen molar-refractivity contribution in [1.82, 2.24) is 19.8 Å². The molecule has 4 aromatic rings. The third-order valence-corrected chi connectivity index (χ3v) is 6.56. The summed E-state index contributed by atoms with van der Waals surface area (Å²) in [5, 5.41) is 0.614. The van der Waals surface area contributed by atoms with Crippen molar-refractivity contribution in [2.24, 2.45) is 0 Å². The van der Waals surface area contributed by atoms with Crippen LogP contribution in [0, 0.1) is 0 Å². The zero-order valence-corrected chi connectivity index (χ0v) is 19.9. The monoisotopic (exact) mass is 465 g/mol. The maximum absolute atomic E-state index is 13.6. The number of fused-ring (bicyclic) bond motifs is 2. The van der Waals surface area contributed by atoms with Gasteiger partial charge < -0.3 is 15.5 Å². The van der Waals surface area contributed by atoms with Crippen LogP contribution in [-0.4, -0.2) is 44.7 Å². The summed E-state index contributed by atoms with van der Waals surface area (Å²) in [5.74, 6) is -0.155. The first-order valence-electron chi connectivity index (χ1n) is 11.8. The van der Waals surface area contributed by atoms with Gasteiger partial charge in [0.15, 0.2) is 0 Å². The first kappa shape index (κ1) is 22.5. The lowest BCUT2D eigenvalue weighted by Gasteiger charge is -2.21. The van der Waals surface area contributed by atoms with Crippen molar-refractivity contribution in [3.05, 3.63) is 89.1 Å². The van der Waals surface area contributed by atoms with Crippen LogP contribution in [0.5, 0.6) is 0 Å². The number of aromatic nitrogens is 2. The van der Waals surface area contributed by atoms with Crippen molar-refractivity contribution in [3.8, 4) is 11.1 Å². The highest BCUT2D eigenvalue weighted by Gasteiger charge is 2.27. The Labute approximate surface area is 204 Å². The highest BCUT2D eigenvalue weighted by Crippen LogP contribution is 2.31. The van der Waals surface area contributed by atoms with Crippen molar-refractivity contribution < 1.29 is 9.59 Å². The molecule has 7 nitrogen and oxygen atoms in total. The van der Waals surface area contributed by atoms with Gasteiger partial charge in [-0.25, -0.2) is 9.97 Å². The number of nitrogen functional groups attached to an aromatic ring is 1. The summed E-state index contributed by atoms with van der Waals surface area (Å²) in [5.41, 5.74) is 11.4. The van der Waals surface area contributed by atoms with E-state index in [1.54, 1.807) is 9.80 Å². The van der Waals surface area contributed by atoms with E-state index in [9.17, 15) is 9.59 Å². The number of amides is 2. The van der Waals surface area contributed by atoms with Crippen LogP contribution in [0.1, 0.15) is 45.8 Å². The molecule has 2 heterocycles. The van der Waals surface area contributed by atoms with Crippen LogP contribution >= 0.6 is 0 Å². The van der Waals surface area contributed by atoms with Gasteiger partial charge >= 0.3 is 0 Å².